The van der Waals surface area contributed by atoms with Crippen LogP contribution >= 0.6 is 0 Å². The molecule has 0 amide bonds. The van der Waals surface area contributed by atoms with Crippen LogP contribution in [0.4, 0.5) is 12.9 Å². The Bertz CT molecular complexity index is 134. The number of rotatable bonds is 3. The average molecular weight is 168 g/mol. The Balaban J connectivity index is 2.05. The normalized spacial score (nSPS) is 21.8. The third kappa shape index (κ3) is 3.11. The summed E-state index contributed by atoms with van der Waals surface area (Å²) in [5.41, 5.74) is 0. The minimum atomic E-state index is -4.64. The Morgan fingerprint density at radius 1 is 1.36 bits per heavy atom. The van der Waals surface area contributed by atoms with Crippen molar-refractivity contribution >= 4 is 6.98 Å². The number of hydrogen-bond donors (Lipinski definition) is 1. The molecule has 11 heavy (non-hydrogen) atoms. The number of aliphatic hydroxyl groups excluding tert-OH is 1. The number of halogens is 3. The Morgan fingerprint density at radius 2 is 1.91 bits per heavy atom. The quantitative estimate of drug-likeness (QED) is 0.620. The van der Waals surface area contributed by atoms with E-state index < -0.39 is 19.4 Å². The fraction of sp³-hybridized carbons (Fsp3) is 1.00. The van der Waals surface area contributed by atoms with Crippen LogP contribution in [-0.2, 0) is 0 Å². The zero-order valence-corrected chi connectivity index (χ0v) is 6.01. The minimum Gasteiger partial charge on any atom is -0.449 e. The number of β-amino-alcohol motifs (C(OH)–C–C–N with tert-alkyl or cyclic N) is 1. The lowest BCUT2D eigenvalue weighted by Gasteiger charge is -2.36. The molecule has 0 atom stereocenters. The van der Waals surface area contributed by atoms with Gasteiger partial charge in [-0.15, -0.1) is 0 Å². The lowest BCUT2D eigenvalue weighted by atomic mass is 9.85. The lowest BCUT2D eigenvalue weighted by Crippen LogP contribution is -2.51. The highest BCUT2D eigenvalue weighted by molar-refractivity contribution is 6.58. The number of hydrogen-bond acceptors (Lipinski definition) is 2. The molecule has 0 unspecified atom stereocenters. The fourth-order valence-corrected chi connectivity index (χ4v) is 1.05. The van der Waals surface area contributed by atoms with Crippen LogP contribution in [0, 0.1) is 0 Å². The summed E-state index contributed by atoms with van der Waals surface area (Å²) in [7, 11) is 0. The van der Waals surface area contributed by atoms with E-state index in [1.807, 2.05) is 0 Å². The highest BCUT2D eigenvalue weighted by Gasteiger charge is 2.28. The van der Waals surface area contributed by atoms with Gasteiger partial charge >= 0.3 is 6.98 Å². The first kappa shape index (κ1) is 8.87. The summed E-state index contributed by atoms with van der Waals surface area (Å²) in [5, 5.41) is 8.73. The maximum Gasteiger partial charge on any atom is 0.479 e. The summed E-state index contributed by atoms with van der Waals surface area (Å²) in [6.07, 6.45) is -1.12. The molecule has 0 bridgehead atoms. The Labute approximate surface area is 63.0 Å². The first-order valence-electron chi connectivity index (χ1n) is 3.59. The molecule has 66 valence electrons. The van der Waals surface area contributed by atoms with E-state index in [0.29, 0.717) is 13.1 Å². The second-order valence-electron chi connectivity index (χ2n) is 2.91. The molecule has 1 aliphatic heterocycles. The number of likely N-dealkylation sites (tertiary alicyclic amines) is 1. The zero-order valence-electron chi connectivity index (χ0n) is 6.01. The molecule has 0 saturated carbocycles. The van der Waals surface area contributed by atoms with Crippen LogP contribution in [0.25, 0.3) is 0 Å². The van der Waals surface area contributed by atoms with Gasteiger partial charge in [0.25, 0.3) is 0 Å². The largest absolute Gasteiger partial charge is 0.479 e. The van der Waals surface area contributed by atoms with Gasteiger partial charge in [-0.2, -0.15) is 0 Å². The van der Waals surface area contributed by atoms with Gasteiger partial charge in [0.2, 0.25) is 0 Å². The summed E-state index contributed by atoms with van der Waals surface area (Å²) in [6.45, 7) is -3.81. The summed E-state index contributed by atoms with van der Waals surface area (Å²) in [4.78, 5) is 1.60. The Hall–Kier alpha value is -0.225. The van der Waals surface area contributed by atoms with Gasteiger partial charge in [-0.3, -0.25) is 0 Å². The molecule has 0 radical (unpaired) electrons. The first-order chi connectivity index (χ1) is 4.97. The highest BCUT2D eigenvalue weighted by Crippen LogP contribution is 2.17. The number of nitrogens with zero attached hydrogens (tertiary/aromatic N) is 1. The van der Waals surface area contributed by atoms with Gasteiger partial charge < -0.3 is 23.0 Å². The van der Waals surface area contributed by atoms with Gasteiger partial charge in [-0.1, -0.05) is 6.32 Å². The van der Waals surface area contributed by atoms with Gasteiger partial charge in [-0.25, -0.2) is 0 Å². The van der Waals surface area contributed by atoms with Crippen LogP contribution in [0.15, 0.2) is 0 Å². The van der Waals surface area contributed by atoms with Gasteiger partial charge in [0.15, 0.2) is 0 Å². The van der Waals surface area contributed by atoms with Crippen LogP contribution in [0.3, 0.4) is 0 Å². The monoisotopic (exact) mass is 168 g/mol. The van der Waals surface area contributed by atoms with Crippen molar-refractivity contribution in [2.75, 3.05) is 19.6 Å². The van der Waals surface area contributed by atoms with E-state index in [1.165, 1.54) is 0 Å². The summed E-state index contributed by atoms with van der Waals surface area (Å²) in [5.74, 6) is 0. The summed E-state index contributed by atoms with van der Waals surface area (Å²) < 4.78 is 34.9. The molecule has 1 fully saturated rings. The molecule has 0 spiro atoms. The van der Waals surface area contributed by atoms with Crippen molar-refractivity contribution in [3.05, 3.63) is 0 Å². The molecular formula is C5H10BF3NO-. The van der Waals surface area contributed by atoms with Crippen molar-refractivity contribution in [3.8, 4) is 0 Å². The van der Waals surface area contributed by atoms with Gasteiger partial charge in [0.1, 0.15) is 0 Å². The van der Waals surface area contributed by atoms with Crippen LogP contribution in [0.5, 0.6) is 0 Å². The van der Waals surface area contributed by atoms with E-state index in [0.717, 1.165) is 0 Å². The lowest BCUT2D eigenvalue weighted by molar-refractivity contribution is 0.00475. The van der Waals surface area contributed by atoms with Crippen molar-refractivity contribution < 1.29 is 18.1 Å². The van der Waals surface area contributed by atoms with Crippen molar-refractivity contribution in [1.82, 2.24) is 4.90 Å². The molecule has 2 nitrogen and oxygen atoms in total. The smallest absolute Gasteiger partial charge is 0.449 e. The van der Waals surface area contributed by atoms with E-state index in [-0.39, 0.29) is 6.54 Å². The van der Waals surface area contributed by atoms with Crippen molar-refractivity contribution in [3.63, 3.8) is 0 Å². The molecule has 0 aliphatic carbocycles. The van der Waals surface area contributed by atoms with Crippen molar-refractivity contribution in [1.29, 1.82) is 0 Å². The van der Waals surface area contributed by atoms with E-state index in [1.54, 1.807) is 4.90 Å². The van der Waals surface area contributed by atoms with Crippen LogP contribution in [-0.4, -0.2) is 42.7 Å². The number of aliphatic hydroxyl groups is 1. The molecule has 1 heterocycles. The Morgan fingerprint density at radius 3 is 2.27 bits per heavy atom. The van der Waals surface area contributed by atoms with E-state index in [2.05, 4.69) is 0 Å². The first-order valence-corrected chi connectivity index (χ1v) is 3.59. The van der Waals surface area contributed by atoms with Crippen LogP contribution in [0.1, 0.15) is 0 Å². The maximum absolute atomic E-state index is 11.6. The molecule has 6 heteroatoms. The second-order valence-corrected chi connectivity index (χ2v) is 2.91. The van der Waals surface area contributed by atoms with E-state index in [9.17, 15) is 12.9 Å². The van der Waals surface area contributed by atoms with Crippen LogP contribution < -0.4 is 0 Å². The topological polar surface area (TPSA) is 23.5 Å². The molecular weight excluding hydrogens is 158 g/mol. The minimum absolute atomic E-state index is 0.0422. The highest BCUT2D eigenvalue weighted by atomic mass is 19.4. The van der Waals surface area contributed by atoms with Gasteiger partial charge in [0.05, 0.1) is 6.10 Å². The van der Waals surface area contributed by atoms with E-state index >= 15 is 0 Å². The molecule has 0 aromatic heterocycles. The summed E-state index contributed by atoms with van der Waals surface area (Å²) >= 11 is 0. The maximum atomic E-state index is 11.6. The predicted molar refractivity (Wildman–Crippen MR) is 36.3 cm³/mol. The van der Waals surface area contributed by atoms with Crippen molar-refractivity contribution in [2.24, 2.45) is 0 Å². The third-order valence-electron chi connectivity index (χ3n) is 1.71. The molecule has 1 saturated heterocycles. The Kier molecular flexibility index (Phi) is 2.44. The molecule has 1 rings (SSSR count). The van der Waals surface area contributed by atoms with Crippen LogP contribution in [0.2, 0.25) is 6.32 Å². The van der Waals surface area contributed by atoms with Crippen molar-refractivity contribution in [2.45, 2.75) is 12.4 Å². The van der Waals surface area contributed by atoms with Gasteiger partial charge in [0, 0.05) is 13.1 Å². The molecule has 1 aliphatic rings. The second kappa shape index (κ2) is 3.02. The fourth-order valence-electron chi connectivity index (χ4n) is 1.05. The third-order valence-corrected chi connectivity index (χ3v) is 1.71. The molecule has 0 aromatic carbocycles. The SMILES string of the molecule is OC1CN(CC[B-](F)(F)F)C1. The summed E-state index contributed by atoms with van der Waals surface area (Å²) in [6, 6.07) is 0. The molecule has 1 N–H and O–H groups in total. The van der Waals surface area contributed by atoms with E-state index in [4.69, 9.17) is 5.11 Å². The standard InChI is InChI=1S/C5H10BF3NO/c7-6(8,9)1-2-10-3-5(11)4-10/h5,11H,1-4H2/q-1. The zero-order chi connectivity index (χ0) is 8.48. The van der Waals surface area contributed by atoms with Gasteiger partial charge in [-0.05, 0) is 6.54 Å². The average Bonchev–Trinajstić information content (AvgIpc) is 1.75. The predicted octanol–water partition coefficient (Wildman–Crippen LogP) is 0.510. The molecule has 0 aromatic rings.